The molecule has 1 aromatic heterocycles. The summed E-state index contributed by atoms with van der Waals surface area (Å²) in [6, 6.07) is 18.9. The first-order chi connectivity index (χ1) is 17.4. The monoisotopic (exact) mass is 486 g/mol. The molecule has 4 rings (SSSR count). The van der Waals surface area contributed by atoms with Crippen molar-refractivity contribution in [3.05, 3.63) is 77.7 Å². The van der Waals surface area contributed by atoms with Gasteiger partial charge in [0.2, 0.25) is 11.7 Å². The first kappa shape index (κ1) is 24.9. The van der Waals surface area contributed by atoms with Gasteiger partial charge in [-0.2, -0.15) is 4.98 Å². The molecule has 0 spiro atoms. The Morgan fingerprint density at radius 3 is 2.28 bits per heavy atom. The fourth-order valence-electron chi connectivity index (χ4n) is 3.79. The summed E-state index contributed by atoms with van der Waals surface area (Å²) in [6.07, 6.45) is 0. The Bertz CT molecular complexity index is 1330. The number of amides is 1. The third-order valence-electron chi connectivity index (χ3n) is 5.76. The average molecular weight is 487 g/mol. The first-order valence-corrected chi connectivity index (χ1v) is 11.6. The quantitative estimate of drug-likeness (QED) is 0.347. The molecule has 0 atom stereocenters. The van der Waals surface area contributed by atoms with Crippen molar-refractivity contribution < 1.29 is 18.8 Å². The average Bonchev–Trinajstić information content (AvgIpc) is 3.31. The molecule has 186 valence electrons. The molecule has 0 fully saturated rings. The second-order valence-electron chi connectivity index (χ2n) is 8.66. The van der Waals surface area contributed by atoms with E-state index >= 15 is 0 Å². The van der Waals surface area contributed by atoms with Crippen LogP contribution in [0.25, 0.3) is 22.5 Å². The van der Waals surface area contributed by atoms with Gasteiger partial charge in [-0.15, -0.1) is 0 Å². The molecule has 8 heteroatoms. The van der Waals surface area contributed by atoms with Gasteiger partial charge in [0.25, 0.3) is 5.91 Å². The molecule has 0 bridgehead atoms. The summed E-state index contributed by atoms with van der Waals surface area (Å²) in [5, 5.41) is 6.94. The largest absolute Gasteiger partial charge is 0.497 e. The number of nitrogens with zero attached hydrogens (tertiary/aromatic N) is 3. The van der Waals surface area contributed by atoms with E-state index in [2.05, 4.69) is 15.5 Å². The molecular weight excluding hydrogens is 456 g/mol. The van der Waals surface area contributed by atoms with Crippen LogP contribution in [0.2, 0.25) is 0 Å². The molecule has 4 aromatic rings. The third kappa shape index (κ3) is 5.72. The van der Waals surface area contributed by atoms with Crippen molar-refractivity contribution in [3.8, 4) is 34.0 Å². The van der Waals surface area contributed by atoms with Crippen LogP contribution in [0, 0.1) is 13.8 Å². The van der Waals surface area contributed by atoms with E-state index in [-0.39, 0.29) is 5.91 Å². The summed E-state index contributed by atoms with van der Waals surface area (Å²) < 4.78 is 16.5. The molecule has 0 radical (unpaired) electrons. The van der Waals surface area contributed by atoms with Crippen LogP contribution in [0.4, 0.5) is 5.69 Å². The van der Waals surface area contributed by atoms with E-state index in [4.69, 9.17) is 14.0 Å². The van der Waals surface area contributed by atoms with Crippen LogP contribution in [0.1, 0.15) is 21.8 Å². The summed E-state index contributed by atoms with van der Waals surface area (Å²) in [6.45, 7) is 4.91. The van der Waals surface area contributed by atoms with Crippen LogP contribution in [-0.4, -0.2) is 55.3 Å². The number of methoxy groups -OCH3 is 1. The van der Waals surface area contributed by atoms with Crippen molar-refractivity contribution in [2.75, 3.05) is 39.7 Å². The zero-order chi connectivity index (χ0) is 25.7. The Labute approximate surface area is 210 Å². The molecular formula is C28H30N4O4. The fraction of sp³-hybridized carbons (Fsp3) is 0.250. The summed E-state index contributed by atoms with van der Waals surface area (Å²) in [7, 11) is 5.57. The fourth-order valence-corrected chi connectivity index (χ4v) is 3.79. The molecule has 0 aliphatic rings. The molecule has 0 saturated carbocycles. The number of aromatic nitrogens is 2. The highest BCUT2D eigenvalue weighted by molar-refractivity contribution is 6.07. The van der Waals surface area contributed by atoms with E-state index in [1.807, 2.05) is 62.3 Å². The number of hydrogen-bond acceptors (Lipinski definition) is 7. The zero-order valence-electron chi connectivity index (χ0n) is 21.2. The Morgan fingerprint density at radius 1 is 0.972 bits per heavy atom. The van der Waals surface area contributed by atoms with Gasteiger partial charge in [-0.05, 0) is 68.0 Å². The lowest BCUT2D eigenvalue weighted by atomic mass is 9.96. The molecule has 8 nitrogen and oxygen atoms in total. The first-order valence-electron chi connectivity index (χ1n) is 11.6. The number of hydrogen-bond donors (Lipinski definition) is 1. The highest BCUT2D eigenvalue weighted by atomic mass is 16.5. The minimum absolute atomic E-state index is 0.238. The van der Waals surface area contributed by atoms with E-state index in [0.717, 1.165) is 34.5 Å². The standard InChI is InChI=1S/C28H30N4O4/c1-18-24(20-6-8-21(9-7-20)27-29-19(2)36-31-27)14-15-25(26(18)35-17-16-32(3)4)28(33)30-22-10-12-23(34-5)13-11-22/h6-15H,16-17H2,1-5H3,(H,30,33). The van der Waals surface area contributed by atoms with Crippen LogP contribution in [0.3, 0.4) is 0 Å². The van der Waals surface area contributed by atoms with Gasteiger partial charge in [-0.1, -0.05) is 35.5 Å². The highest BCUT2D eigenvalue weighted by Gasteiger charge is 2.19. The predicted octanol–water partition coefficient (Wildman–Crippen LogP) is 5.22. The molecule has 1 N–H and O–H groups in total. The second-order valence-corrected chi connectivity index (χ2v) is 8.66. The number of carbonyl (C=O) groups excluding carboxylic acids is 1. The van der Waals surface area contributed by atoms with E-state index in [1.54, 1.807) is 38.3 Å². The van der Waals surface area contributed by atoms with E-state index in [1.165, 1.54) is 0 Å². The predicted molar refractivity (Wildman–Crippen MR) is 140 cm³/mol. The Morgan fingerprint density at radius 2 is 1.67 bits per heavy atom. The molecule has 1 heterocycles. The summed E-state index contributed by atoms with van der Waals surface area (Å²) in [5.41, 5.74) is 4.88. The number of rotatable bonds is 9. The van der Waals surface area contributed by atoms with Gasteiger partial charge in [0.1, 0.15) is 18.1 Å². The van der Waals surface area contributed by atoms with Crippen molar-refractivity contribution in [1.29, 1.82) is 0 Å². The molecule has 0 saturated heterocycles. The van der Waals surface area contributed by atoms with Crippen molar-refractivity contribution in [2.45, 2.75) is 13.8 Å². The van der Waals surface area contributed by atoms with Gasteiger partial charge in [-0.3, -0.25) is 4.79 Å². The Balaban J connectivity index is 1.64. The summed E-state index contributed by atoms with van der Waals surface area (Å²) >= 11 is 0. The molecule has 3 aromatic carbocycles. The van der Waals surface area contributed by atoms with E-state index in [0.29, 0.717) is 35.3 Å². The normalized spacial score (nSPS) is 10.9. The van der Waals surface area contributed by atoms with Crippen molar-refractivity contribution in [2.24, 2.45) is 0 Å². The third-order valence-corrected chi connectivity index (χ3v) is 5.76. The maximum atomic E-state index is 13.2. The molecule has 0 aliphatic carbocycles. The number of ether oxygens (including phenoxy) is 2. The van der Waals surface area contributed by atoms with Gasteiger partial charge >= 0.3 is 0 Å². The van der Waals surface area contributed by atoms with E-state index < -0.39 is 0 Å². The van der Waals surface area contributed by atoms with Crippen LogP contribution in [0.15, 0.2) is 65.2 Å². The molecule has 0 aliphatic heterocycles. The minimum Gasteiger partial charge on any atom is -0.497 e. The maximum absolute atomic E-state index is 13.2. The van der Waals surface area contributed by atoms with Crippen LogP contribution in [-0.2, 0) is 0 Å². The number of aryl methyl sites for hydroxylation is 1. The van der Waals surface area contributed by atoms with Gasteiger partial charge in [0, 0.05) is 24.7 Å². The Kier molecular flexibility index (Phi) is 7.65. The van der Waals surface area contributed by atoms with Crippen LogP contribution in [0.5, 0.6) is 11.5 Å². The molecule has 1 amide bonds. The SMILES string of the molecule is COc1ccc(NC(=O)c2ccc(-c3ccc(-c4noc(C)n4)cc3)c(C)c2OCCN(C)C)cc1. The molecule has 36 heavy (non-hydrogen) atoms. The second kappa shape index (κ2) is 11.0. The van der Waals surface area contributed by atoms with Crippen molar-refractivity contribution >= 4 is 11.6 Å². The van der Waals surface area contributed by atoms with Gasteiger partial charge in [0.05, 0.1) is 12.7 Å². The maximum Gasteiger partial charge on any atom is 0.259 e. The van der Waals surface area contributed by atoms with Crippen LogP contribution < -0.4 is 14.8 Å². The number of anilines is 1. The van der Waals surface area contributed by atoms with Gasteiger partial charge in [0.15, 0.2) is 0 Å². The molecule has 0 unspecified atom stereocenters. The smallest absolute Gasteiger partial charge is 0.259 e. The zero-order valence-corrected chi connectivity index (χ0v) is 21.2. The summed E-state index contributed by atoms with van der Waals surface area (Å²) in [4.78, 5) is 19.6. The van der Waals surface area contributed by atoms with Crippen LogP contribution >= 0.6 is 0 Å². The van der Waals surface area contributed by atoms with Gasteiger partial charge < -0.3 is 24.2 Å². The van der Waals surface area contributed by atoms with Crippen molar-refractivity contribution in [3.63, 3.8) is 0 Å². The lowest BCUT2D eigenvalue weighted by molar-refractivity contribution is 0.102. The van der Waals surface area contributed by atoms with E-state index in [9.17, 15) is 4.79 Å². The minimum atomic E-state index is -0.238. The van der Waals surface area contributed by atoms with Crippen molar-refractivity contribution in [1.82, 2.24) is 15.0 Å². The lowest BCUT2D eigenvalue weighted by Crippen LogP contribution is -2.21. The Hall–Kier alpha value is -4.17. The lowest BCUT2D eigenvalue weighted by Gasteiger charge is -2.19. The topological polar surface area (TPSA) is 89.7 Å². The number of benzene rings is 3. The summed E-state index contributed by atoms with van der Waals surface area (Å²) in [5.74, 6) is 2.12. The number of carbonyl (C=O) groups is 1. The van der Waals surface area contributed by atoms with Gasteiger partial charge in [-0.25, -0.2) is 0 Å². The number of likely N-dealkylation sites (N-methyl/N-ethyl adjacent to an activating group) is 1. The number of nitrogens with one attached hydrogen (secondary N) is 1. The highest BCUT2D eigenvalue weighted by Crippen LogP contribution is 2.34.